The van der Waals surface area contributed by atoms with E-state index in [1.165, 1.54) is 31.3 Å². The first kappa shape index (κ1) is 17.8. The lowest BCUT2D eigenvalue weighted by atomic mass is 9.97. The van der Waals surface area contributed by atoms with Crippen LogP contribution in [-0.4, -0.2) is 55.2 Å². The van der Waals surface area contributed by atoms with Gasteiger partial charge in [0.25, 0.3) is 0 Å². The van der Waals surface area contributed by atoms with Crippen molar-refractivity contribution in [2.75, 3.05) is 44.2 Å². The van der Waals surface area contributed by atoms with Gasteiger partial charge < -0.3 is 15.3 Å². The fraction of sp³-hybridized carbons (Fsp3) is 0.550. The number of nitrogens with one attached hydrogen (secondary N) is 1. The molecule has 0 spiro atoms. The molecule has 1 fully saturated rings. The van der Waals surface area contributed by atoms with E-state index in [1.807, 2.05) is 18.2 Å². The van der Waals surface area contributed by atoms with Crippen LogP contribution >= 0.6 is 0 Å². The average molecular weight is 343 g/mol. The Morgan fingerprint density at radius 1 is 1.12 bits per heavy atom. The van der Waals surface area contributed by atoms with Gasteiger partial charge in [-0.3, -0.25) is 9.69 Å². The van der Waals surface area contributed by atoms with Crippen molar-refractivity contribution in [3.63, 3.8) is 0 Å². The Morgan fingerprint density at radius 3 is 2.64 bits per heavy atom. The molecule has 1 aromatic rings. The molecule has 1 aliphatic carbocycles. The summed E-state index contributed by atoms with van der Waals surface area (Å²) in [5.41, 5.74) is 2.38. The highest BCUT2D eigenvalue weighted by molar-refractivity contribution is 5.78. The zero-order valence-corrected chi connectivity index (χ0v) is 14.9. The number of carbonyl (C=O) groups is 1. The van der Waals surface area contributed by atoms with E-state index in [-0.39, 0.29) is 5.91 Å². The summed E-state index contributed by atoms with van der Waals surface area (Å²) in [4.78, 5) is 16.5. The second-order valence-electron chi connectivity index (χ2n) is 6.96. The molecule has 0 bridgehead atoms. The van der Waals surface area contributed by atoms with Crippen LogP contribution in [0, 0.1) is 0 Å². The molecule has 0 saturated carbocycles. The van der Waals surface area contributed by atoms with Crippen molar-refractivity contribution in [2.24, 2.45) is 0 Å². The van der Waals surface area contributed by atoms with Crippen molar-refractivity contribution in [3.05, 3.63) is 35.9 Å². The molecule has 0 unspecified atom stereocenters. The number of carbonyl (C=O) groups excluding carboxylic acids is 1. The van der Waals surface area contributed by atoms with Gasteiger partial charge in [0.1, 0.15) is 5.75 Å². The van der Waals surface area contributed by atoms with Gasteiger partial charge in [-0.2, -0.15) is 0 Å². The number of benzene rings is 1. The predicted octanol–water partition coefficient (Wildman–Crippen LogP) is 2.52. The zero-order valence-electron chi connectivity index (χ0n) is 14.9. The first-order valence-electron chi connectivity index (χ1n) is 9.42. The van der Waals surface area contributed by atoms with Gasteiger partial charge in [-0.15, -0.1) is 0 Å². The van der Waals surface area contributed by atoms with Gasteiger partial charge in [0.05, 0.1) is 12.2 Å². The van der Waals surface area contributed by atoms with E-state index >= 15 is 0 Å². The number of nitrogens with zero attached hydrogens (tertiary/aromatic N) is 2. The molecule has 5 heteroatoms. The number of piperazine rings is 1. The van der Waals surface area contributed by atoms with Crippen molar-refractivity contribution in [3.8, 4) is 5.75 Å². The molecular formula is C20H29N3O2. The number of amides is 1. The summed E-state index contributed by atoms with van der Waals surface area (Å²) in [6.07, 6.45) is 8.33. The average Bonchev–Trinajstić information content (AvgIpc) is 2.64. The highest BCUT2D eigenvalue weighted by atomic mass is 16.3. The molecule has 0 radical (unpaired) electrons. The summed E-state index contributed by atoms with van der Waals surface area (Å²) in [6.45, 7) is 4.56. The maximum absolute atomic E-state index is 12.1. The van der Waals surface area contributed by atoms with Crippen molar-refractivity contribution < 1.29 is 9.90 Å². The van der Waals surface area contributed by atoms with E-state index in [2.05, 4.69) is 21.2 Å². The fourth-order valence-electron chi connectivity index (χ4n) is 3.63. The third-order valence-electron chi connectivity index (χ3n) is 5.12. The predicted molar refractivity (Wildman–Crippen MR) is 101 cm³/mol. The Hall–Kier alpha value is -2.01. The van der Waals surface area contributed by atoms with E-state index in [0.29, 0.717) is 12.3 Å². The van der Waals surface area contributed by atoms with E-state index in [1.54, 1.807) is 6.07 Å². The number of phenolic OH excluding ortho intramolecular Hbond substituents is 1. The summed E-state index contributed by atoms with van der Waals surface area (Å²) >= 11 is 0. The molecule has 1 aliphatic heterocycles. The summed E-state index contributed by atoms with van der Waals surface area (Å²) < 4.78 is 0. The smallest absolute Gasteiger partial charge is 0.234 e. The Balaban J connectivity index is 1.36. The van der Waals surface area contributed by atoms with Crippen LogP contribution < -0.4 is 10.2 Å². The molecule has 1 heterocycles. The van der Waals surface area contributed by atoms with Gasteiger partial charge in [-0.1, -0.05) is 23.8 Å². The minimum absolute atomic E-state index is 0.118. The number of rotatable bonds is 6. The van der Waals surface area contributed by atoms with E-state index in [4.69, 9.17) is 0 Å². The number of aromatic hydroxyl groups is 1. The highest BCUT2D eigenvalue weighted by Gasteiger charge is 2.20. The largest absolute Gasteiger partial charge is 0.506 e. The minimum atomic E-state index is 0.118. The Bertz CT molecular complexity index is 607. The van der Waals surface area contributed by atoms with Crippen LogP contribution in [0.5, 0.6) is 5.75 Å². The van der Waals surface area contributed by atoms with Crippen LogP contribution in [0.1, 0.15) is 32.1 Å². The van der Waals surface area contributed by atoms with E-state index < -0.39 is 0 Å². The van der Waals surface area contributed by atoms with E-state index in [0.717, 1.165) is 44.8 Å². The van der Waals surface area contributed by atoms with Gasteiger partial charge in [0.15, 0.2) is 0 Å². The monoisotopic (exact) mass is 343 g/mol. The molecule has 0 atom stereocenters. The van der Waals surface area contributed by atoms with Gasteiger partial charge in [-0.05, 0) is 44.2 Å². The standard InChI is InChI=1S/C20H29N3O2/c24-19-9-5-4-8-18(19)23-14-12-22(13-15-23)16-20(25)21-11-10-17-6-2-1-3-7-17/h4-6,8-9,24H,1-3,7,10-16H2,(H,21,25). The number of phenols is 1. The molecule has 1 aromatic carbocycles. The lowest BCUT2D eigenvalue weighted by Crippen LogP contribution is -2.49. The molecule has 3 rings (SSSR count). The number of anilines is 1. The Labute approximate surface area is 150 Å². The lowest BCUT2D eigenvalue weighted by molar-refractivity contribution is -0.122. The van der Waals surface area contributed by atoms with Gasteiger partial charge in [-0.25, -0.2) is 0 Å². The first-order chi connectivity index (χ1) is 12.2. The van der Waals surface area contributed by atoms with Gasteiger partial charge in [0.2, 0.25) is 5.91 Å². The summed E-state index contributed by atoms with van der Waals surface area (Å²) in [5, 5.41) is 13.0. The Kier molecular flexibility index (Phi) is 6.34. The maximum atomic E-state index is 12.1. The topological polar surface area (TPSA) is 55.8 Å². The van der Waals surface area contributed by atoms with Crippen LogP contribution in [0.2, 0.25) is 0 Å². The normalized spacial score (nSPS) is 18.7. The van der Waals surface area contributed by atoms with Crippen LogP contribution in [0.15, 0.2) is 35.9 Å². The van der Waals surface area contributed by atoms with Crippen molar-refractivity contribution >= 4 is 11.6 Å². The molecule has 25 heavy (non-hydrogen) atoms. The van der Waals surface area contributed by atoms with Gasteiger partial charge >= 0.3 is 0 Å². The molecular weight excluding hydrogens is 314 g/mol. The van der Waals surface area contributed by atoms with Crippen LogP contribution in [0.4, 0.5) is 5.69 Å². The Morgan fingerprint density at radius 2 is 1.92 bits per heavy atom. The van der Waals surface area contributed by atoms with Crippen molar-refractivity contribution in [1.82, 2.24) is 10.2 Å². The van der Waals surface area contributed by atoms with E-state index in [9.17, 15) is 9.90 Å². The molecule has 5 nitrogen and oxygen atoms in total. The molecule has 2 N–H and O–H groups in total. The van der Waals surface area contributed by atoms with Crippen molar-refractivity contribution in [1.29, 1.82) is 0 Å². The van der Waals surface area contributed by atoms with Crippen LogP contribution in [0.3, 0.4) is 0 Å². The SMILES string of the molecule is O=C(CN1CCN(c2ccccc2O)CC1)NCCC1=CCCCC1. The summed E-state index contributed by atoms with van der Waals surface area (Å²) in [7, 11) is 0. The molecule has 0 aromatic heterocycles. The first-order valence-corrected chi connectivity index (χ1v) is 9.42. The molecule has 136 valence electrons. The molecule has 1 saturated heterocycles. The fourth-order valence-corrected chi connectivity index (χ4v) is 3.63. The maximum Gasteiger partial charge on any atom is 0.234 e. The number of hydrogen-bond donors (Lipinski definition) is 2. The quantitative estimate of drug-likeness (QED) is 0.780. The third-order valence-corrected chi connectivity index (χ3v) is 5.12. The number of allylic oxidation sites excluding steroid dienone is 1. The molecule has 1 amide bonds. The van der Waals surface area contributed by atoms with Gasteiger partial charge in [0, 0.05) is 32.7 Å². The molecule has 2 aliphatic rings. The second kappa shape index (κ2) is 8.90. The third kappa shape index (κ3) is 5.23. The van der Waals surface area contributed by atoms with Crippen LogP contribution in [0.25, 0.3) is 0 Å². The van der Waals surface area contributed by atoms with Crippen LogP contribution in [-0.2, 0) is 4.79 Å². The number of hydrogen-bond acceptors (Lipinski definition) is 4. The zero-order chi connectivity index (χ0) is 17.5. The number of para-hydroxylation sites is 2. The summed E-state index contributed by atoms with van der Waals surface area (Å²) in [6, 6.07) is 7.44. The minimum Gasteiger partial charge on any atom is -0.506 e. The van der Waals surface area contributed by atoms with Crippen molar-refractivity contribution in [2.45, 2.75) is 32.1 Å². The highest BCUT2D eigenvalue weighted by Crippen LogP contribution is 2.27. The summed E-state index contributed by atoms with van der Waals surface area (Å²) in [5.74, 6) is 0.443. The lowest BCUT2D eigenvalue weighted by Gasteiger charge is -2.35. The second-order valence-corrected chi connectivity index (χ2v) is 6.96.